The average molecular weight is 479 g/mol. The number of fused-ring (bicyclic) bond motifs is 1. The summed E-state index contributed by atoms with van der Waals surface area (Å²) in [4.78, 5) is 19.3. The zero-order chi connectivity index (χ0) is 24.7. The van der Waals surface area contributed by atoms with Gasteiger partial charge < -0.3 is 18.8 Å². The first kappa shape index (κ1) is 22.6. The maximum Gasteiger partial charge on any atom is 0.293 e. The van der Waals surface area contributed by atoms with E-state index in [1.165, 1.54) is 17.2 Å². The molecule has 0 aliphatic carbocycles. The molecule has 0 saturated carbocycles. The Morgan fingerprint density at radius 1 is 1.17 bits per heavy atom. The summed E-state index contributed by atoms with van der Waals surface area (Å²) < 4.78 is 46.3. The number of ether oxygens (including phenoxy) is 3. The van der Waals surface area contributed by atoms with E-state index in [0.717, 1.165) is 23.5 Å². The molecule has 3 aromatic rings. The average Bonchev–Trinajstić information content (AvgIpc) is 3.29. The number of carbonyl (C=O) groups excluding carboxylic acids is 1. The van der Waals surface area contributed by atoms with Gasteiger partial charge in [0.15, 0.2) is 17.4 Å². The number of imidazole rings is 1. The van der Waals surface area contributed by atoms with Crippen molar-refractivity contribution < 1.29 is 27.8 Å². The van der Waals surface area contributed by atoms with Crippen LogP contribution in [0.4, 0.5) is 8.78 Å². The maximum absolute atomic E-state index is 13.9. The van der Waals surface area contributed by atoms with Gasteiger partial charge in [0, 0.05) is 11.8 Å². The number of carbonyl (C=O) groups is 1. The maximum atomic E-state index is 13.9. The molecule has 1 fully saturated rings. The van der Waals surface area contributed by atoms with Crippen LogP contribution in [-0.2, 0) is 14.3 Å². The molecular weight excluding hydrogens is 456 g/mol. The Balaban J connectivity index is 1.50. The Labute approximate surface area is 200 Å². The van der Waals surface area contributed by atoms with Crippen LogP contribution in [0.2, 0.25) is 0 Å². The zero-order valence-electron chi connectivity index (χ0n) is 19.4. The van der Waals surface area contributed by atoms with Crippen LogP contribution in [0, 0.1) is 18.6 Å². The van der Waals surface area contributed by atoms with Gasteiger partial charge in [0.2, 0.25) is 0 Å². The molecule has 180 valence electrons. The van der Waals surface area contributed by atoms with Crippen molar-refractivity contribution in [3.05, 3.63) is 89.4 Å². The van der Waals surface area contributed by atoms with Crippen LogP contribution in [0.25, 0.3) is 17.5 Å². The lowest BCUT2D eigenvalue weighted by molar-refractivity contribution is -0.142. The minimum absolute atomic E-state index is 0.123. The Bertz CT molecular complexity index is 1360. The van der Waals surface area contributed by atoms with E-state index in [4.69, 9.17) is 14.2 Å². The molecule has 2 aliphatic heterocycles. The molecule has 0 bridgehead atoms. The van der Waals surface area contributed by atoms with E-state index in [9.17, 15) is 13.6 Å². The normalized spacial score (nSPS) is 20.7. The quantitative estimate of drug-likeness (QED) is 0.518. The van der Waals surface area contributed by atoms with E-state index < -0.39 is 29.7 Å². The van der Waals surface area contributed by atoms with Gasteiger partial charge in [-0.2, -0.15) is 0 Å². The fourth-order valence-corrected chi connectivity index (χ4v) is 4.25. The molecule has 1 aromatic heterocycles. The number of aromatic nitrogens is 2. The second kappa shape index (κ2) is 8.90. The minimum Gasteiger partial charge on any atom is -0.497 e. The Morgan fingerprint density at radius 2 is 2.00 bits per heavy atom. The van der Waals surface area contributed by atoms with Crippen LogP contribution in [-0.4, -0.2) is 46.2 Å². The molecule has 0 N–H and O–H groups in total. The first-order valence-electron chi connectivity index (χ1n) is 11.0. The van der Waals surface area contributed by atoms with E-state index in [-0.39, 0.29) is 12.4 Å². The van der Waals surface area contributed by atoms with Crippen molar-refractivity contribution >= 4 is 17.7 Å². The number of morpholine rings is 1. The molecule has 7 nitrogen and oxygen atoms in total. The van der Waals surface area contributed by atoms with Gasteiger partial charge in [0.25, 0.3) is 5.91 Å². The third-order valence-electron chi connectivity index (χ3n) is 6.04. The Kier molecular flexibility index (Phi) is 5.76. The molecule has 1 saturated heterocycles. The fourth-order valence-electron chi connectivity index (χ4n) is 4.25. The second-order valence-corrected chi connectivity index (χ2v) is 8.39. The Hall–Kier alpha value is -4.14. The van der Waals surface area contributed by atoms with Crippen LogP contribution in [0.1, 0.15) is 23.7 Å². The highest BCUT2D eigenvalue weighted by atomic mass is 19.2. The van der Waals surface area contributed by atoms with Gasteiger partial charge in [-0.05, 0) is 55.8 Å². The van der Waals surface area contributed by atoms with Crippen molar-refractivity contribution in [2.45, 2.75) is 26.0 Å². The lowest BCUT2D eigenvalue weighted by atomic mass is 10.0. The summed E-state index contributed by atoms with van der Waals surface area (Å²) in [6.07, 6.45) is 6.21. The van der Waals surface area contributed by atoms with Gasteiger partial charge in [0.05, 0.1) is 30.5 Å². The molecule has 5 rings (SSSR count). The summed E-state index contributed by atoms with van der Waals surface area (Å²) in [5, 5.41) is 0. The monoisotopic (exact) mass is 479 g/mol. The van der Waals surface area contributed by atoms with Gasteiger partial charge in [-0.15, -0.1) is 0 Å². The summed E-state index contributed by atoms with van der Waals surface area (Å²) in [5.41, 5.74) is 3.05. The smallest absolute Gasteiger partial charge is 0.293 e. The largest absolute Gasteiger partial charge is 0.497 e. The van der Waals surface area contributed by atoms with E-state index in [1.807, 2.05) is 36.7 Å². The SMILES string of the molecule is COc1cc(C=C2O[C@@H](C)[C@H]3COC=C(c4ccc(F)c(F)c4)N3C2=O)ccc1-n1cnc(C)c1. The predicted octanol–water partition coefficient (Wildman–Crippen LogP) is 4.45. The predicted molar refractivity (Wildman–Crippen MR) is 124 cm³/mol. The molecule has 0 spiro atoms. The number of nitrogens with zero attached hydrogens (tertiary/aromatic N) is 3. The molecule has 2 aromatic carbocycles. The second-order valence-electron chi connectivity index (χ2n) is 8.39. The van der Waals surface area contributed by atoms with Gasteiger partial charge in [-0.25, -0.2) is 13.8 Å². The minimum atomic E-state index is -1.00. The third-order valence-corrected chi connectivity index (χ3v) is 6.04. The van der Waals surface area contributed by atoms with E-state index in [2.05, 4.69) is 4.98 Å². The summed E-state index contributed by atoms with van der Waals surface area (Å²) in [6, 6.07) is 8.58. The Morgan fingerprint density at radius 3 is 2.71 bits per heavy atom. The van der Waals surface area contributed by atoms with Crippen LogP contribution in [0.5, 0.6) is 5.75 Å². The summed E-state index contributed by atoms with van der Waals surface area (Å²) >= 11 is 0. The van der Waals surface area contributed by atoms with E-state index in [0.29, 0.717) is 22.6 Å². The number of rotatable bonds is 4. The van der Waals surface area contributed by atoms with Crippen LogP contribution < -0.4 is 4.74 Å². The number of hydrogen-bond acceptors (Lipinski definition) is 5. The van der Waals surface area contributed by atoms with Gasteiger partial charge >= 0.3 is 0 Å². The van der Waals surface area contributed by atoms with E-state index in [1.54, 1.807) is 25.6 Å². The standard InChI is InChI=1S/C26H23F2N3O4/c1-15-11-30(14-29-15)21-7-4-17(8-24(21)33-3)9-25-26(32)31-22(16(2)35-25)12-34-13-23(31)18-5-6-19(27)20(28)10-18/h4-11,13-14,16,22H,12H2,1-3H3/t16-,22+/m0/s1. The topological polar surface area (TPSA) is 65.8 Å². The first-order chi connectivity index (χ1) is 16.9. The van der Waals surface area contributed by atoms with Crippen LogP contribution in [0.3, 0.4) is 0 Å². The van der Waals surface area contributed by atoms with Crippen molar-refractivity contribution in [1.82, 2.24) is 14.5 Å². The van der Waals surface area contributed by atoms with Crippen LogP contribution in [0.15, 0.2) is 60.9 Å². The van der Waals surface area contributed by atoms with Gasteiger partial charge in [-0.3, -0.25) is 9.69 Å². The summed E-state index contributed by atoms with van der Waals surface area (Å²) in [5.74, 6) is -1.65. The zero-order valence-corrected chi connectivity index (χ0v) is 19.4. The number of hydrogen-bond donors (Lipinski definition) is 0. The fraction of sp³-hybridized carbons (Fsp3) is 0.231. The van der Waals surface area contributed by atoms with Crippen molar-refractivity contribution in [2.24, 2.45) is 0 Å². The van der Waals surface area contributed by atoms with Crippen molar-refractivity contribution in [2.75, 3.05) is 13.7 Å². The highest BCUT2D eigenvalue weighted by Crippen LogP contribution is 2.35. The lowest BCUT2D eigenvalue weighted by Gasteiger charge is -2.43. The third kappa shape index (κ3) is 4.14. The highest BCUT2D eigenvalue weighted by Gasteiger charge is 2.42. The molecule has 3 heterocycles. The molecule has 0 radical (unpaired) electrons. The number of aryl methyl sites for hydroxylation is 1. The first-order valence-corrected chi connectivity index (χ1v) is 11.0. The molecular formula is C26H23F2N3O4. The van der Waals surface area contributed by atoms with Gasteiger partial charge in [-0.1, -0.05) is 6.07 Å². The molecule has 0 unspecified atom stereocenters. The molecule has 35 heavy (non-hydrogen) atoms. The number of amides is 1. The highest BCUT2D eigenvalue weighted by molar-refractivity contribution is 6.02. The van der Waals surface area contributed by atoms with Crippen LogP contribution >= 0.6 is 0 Å². The lowest BCUT2D eigenvalue weighted by Crippen LogP contribution is -2.54. The van der Waals surface area contributed by atoms with Crippen molar-refractivity contribution in [3.63, 3.8) is 0 Å². The molecule has 1 amide bonds. The molecule has 2 atom stereocenters. The van der Waals surface area contributed by atoms with Crippen molar-refractivity contribution in [3.8, 4) is 11.4 Å². The molecule has 2 aliphatic rings. The van der Waals surface area contributed by atoms with Gasteiger partial charge in [0.1, 0.15) is 30.8 Å². The van der Waals surface area contributed by atoms with Crippen molar-refractivity contribution in [1.29, 1.82) is 0 Å². The summed E-state index contributed by atoms with van der Waals surface area (Å²) in [6.45, 7) is 3.96. The number of benzene rings is 2. The number of halogens is 2. The number of methoxy groups -OCH3 is 1. The van der Waals surface area contributed by atoms with E-state index >= 15 is 0 Å². The summed E-state index contributed by atoms with van der Waals surface area (Å²) in [7, 11) is 1.57. The molecule has 9 heteroatoms.